The van der Waals surface area contributed by atoms with Crippen LogP contribution in [-0.2, 0) is 11.3 Å². The molecule has 1 aromatic heterocycles. The van der Waals surface area contributed by atoms with Crippen molar-refractivity contribution < 1.29 is 9.13 Å². The Kier molecular flexibility index (Phi) is 3.16. The Bertz CT molecular complexity index is 683. The number of nitrogens with zero attached hydrogens (tertiary/aromatic N) is 1. The van der Waals surface area contributed by atoms with Crippen LogP contribution in [0.4, 0.5) is 4.39 Å². The number of benzene rings is 1. The zero-order chi connectivity index (χ0) is 14.1. The van der Waals surface area contributed by atoms with Gasteiger partial charge in [0.15, 0.2) is 0 Å². The molecule has 0 unspecified atom stereocenters. The van der Waals surface area contributed by atoms with Crippen LogP contribution in [-0.4, -0.2) is 11.7 Å². The van der Waals surface area contributed by atoms with Gasteiger partial charge in [-0.2, -0.15) is 0 Å². The van der Waals surface area contributed by atoms with E-state index in [2.05, 4.69) is 11.9 Å². The minimum Gasteiger partial charge on any atom is -0.380 e. The number of hydrogen-bond donors (Lipinski definition) is 1. The van der Waals surface area contributed by atoms with E-state index in [1.165, 1.54) is 12.3 Å². The summed E-state index contributed by atoms with van der Waals surface area (Å²) in [5.41, 5.74) is 4.45. The van der Waals surface area contributed by atoms with E-state index in [1.807, 2.05) is 30.5 Å². The van der Waals surface area contributed by atoms with Gasteiger partial charge in [-0.05, 0) is 11.1 Å². The highest BCUT2D eigenvalue weighted by molar-refractivity contribution is 5.85. The van der Waals surface area contributed by atoms with Crippen molar-refractivity contribution in [3.8, 4) is 0 Å². The average molecular weight is 270 g/mol. The van der Waals surface area contributed by atoms with E-state index in [1.54, 1.807) is 11.7 Å². The van der Waals surface area contributed by atoms with Crippen molar-refractivity contribution in [2.24, 2.45) is 0 Å². The molecule has 102 valence electrons. The Morgan fingerprint density at radius 3 is 2.75 bits per heavy atom. The highest BCUT2D eigenvalue weighted by Crippen LogP contribution is 2.25. The zero-order valence-electron chi connectivity index (χ0n) is 11.2. The van der Waals surface area contributed by atoms with Crippen molar-refractivity contribution in [3.05, 3.63) is 65.7 Å². The maximum absolute atomic E-state index is 13.3. The van der Waals surface area contributed by atoms with Crippen LogP contribution < -0.4 is 5.32 Å². The maximum atomic E-state index is 13.3. The van der Waals surface area contributed by atoms with Crippen LogP contribution in [0.15, 0.2) is 43.1 Å². The molecule has 0 radical (unpaired) electrons. The lowest BCUT2D eigenvalue weighted by Gasteiger charge is -2.20. The molecule has 4 heteroatoms. The summed E-state index contributed by atoms with van der Waals surface area (Å²) < 4.78 is 20.1. The molecule has 1 aliphatic heterocycles. The lowest BCUT2D eigenvalue weighted by Crippen LogP contribution is -2.17. The molecule has 0 bridgehead atoms. The van der Waals surface area contributed by atoms with E-state index >= 15 is 0 Å². The molecule has 1 N–H and O–H groups in total. The van der Waals surface area contributed by atoms with Gasteiger partial charge in [0.25, 0.3) is 0 Å². The van der Waals surface area contributed by atoms with E-state index < -0.39 is 0 Å². The number of halogens is 1. The molecule has 2 heterocycles. The summed E-state index contributed by atoms with van der Waals surface area (Å²) in [4.78, 5) is 0. The summed E-state index contributed by atoms with van der Waals surface area (Å²) in [6.45, 7) is 4.52. The molecule has 2 aromatic rings. The van der Waals surface area contributed by atoms with Crippen LogP contribution in [0.1, 0.15) is 16.8 Å². The summed E-state index contributed by atoms with van der Waals surface area (Å²) in [6.07, 6.45) is 3.30. The Labute approximate surface area is 117 Å². The standard InChI is InChI=1S/C16H15FN2O/c1-11-16-7-14(17)8-19(16)9-15(18-11)13-5-3-12(4-6-13)10-20-2/h3-9,18H,1,10H2,2H3. The van der Waals surface area contributed by atoms with Gasteiger partial charge < -0.3 is 14.6 Å². The monoisotopic (exact) mass is 270 g/mol. The molecule has 1 aromatic carbocycles. The summed E-state index contributed by atoms with van der Waals surface area (Å²) >= 11 is 0. The minimum atomic E-state index is -0.268. The van der Waals surface area contributed by atoms with Gasteiger partial charge in [0.1, 0.15) is 5.82 Å². The van der Waals surface area contributed by atoms with E-state index in [9.17, 15) is 4.39 Å². The van der Waals surface area contributed by atoms with Crippen LogP contribution in [0, 0.1) is 5.82 Å². The van der Waals surface area contributed by atoms with Crippen LogP contribution >= 0.6 is 0 Å². The second kappa shape index (κ2) is 4.98. The fourth-order valence-electron chi connectivity index (χ4n) is 2.29. The first-order valence-corrected chi connectivity index (χ1v) is 6.31. The lowest BCUT2D eigenvalue weighted by molar-refractivity contribution is 0.185. The number of rotatable bonds is 3. The molecule has 0 saturated carbocycles. The van der Waals surface area contributed by atoms with Gasteiger partial charge in [-0.1, -0.05) is 30.8 Å². The Hall–Kier alpha value is -2.33. The number of methoxy groups -OCH3 is 1. The number of aromatic nitrogens is 1. The second-order valence-electron chi connectivity index (χ2n) is 4.73. The van der Waals surface area contributed by atoms with Gasteiger partial charge in [-0.3, -0.25) is 0 Å². The van der Waals surface area contributed by atoms with E-state index in [4.69, 9.17) is 4.74 Å². The smallest absolute Gasteiger partial charge is 0.141 e. The first kappa shape index (κ1) is 12.7. The maximum Gasteiger partial charge on any atom is 0.141 e. The SMILES string of the molecule is C=C1NC(c2ccc(COC)cc2)=Cn2cc(F)cc21. The summed E-state index contributed by atoms with van der Waals surface area (Å²) in [6, 6.07) is 9.49. The van der Waals surface area contributed by atoms with Gasteiger partial charge in [0, 0.05) is 25.6 Å². The Morgan fingerprint density at radius 1 is 1.30 bits per heavy atom. The van der Waals surface area contributed by atoms with E-state index in [-0.39, 0.29) is 5.82 Å². The van der Waals surface area contributed by atoms with Crippen molar-refractivity contribution in [3.63, 3.8) is 0 Å². The molecule has 0 aliphatic carbocycles. The van der Waals surface area contributed by atoms with E-state index in [0.717, 1.165) is 22.5 Å². The molecular formula is C16H15FN2O. The van der Waals surface area contributed by atoms with Crippen LogP contribution in [0.3, 0.4) is 0 Å². The fourth-order valence-corrected chi connectivity index (χ4v) is 2.29. The molecule has 0 atom stereocenters. The number of ether oxygens (including phenoxy) is 1. The number of fused-ring (bicyclic) bond motifs is 1. The fraction of sp³-hybridized carbons (Fsp3) is 0.125. The predicted molar refractivity (Wildman–Crippen MR) is 77.9 cm³/mol. The molecule has 0 saturated heterocycles. The molecule has 3 nitrogen and oxygen atoms in total. The number of nitrogens with one attached hydrogen (secondary N) is 1. The first-order valence-electron chi connectivity index (χ1n) is 6.31. The van der Waals surface area contributed by atoms with Crippen molar-refractivity contribution in [1.82, 2.24) is 9.88 Å². The summed E-state index contributed by atoms with van der Waals surface area (Å²) in [5.74, 6) is -0.268. The molecule has 3 rings (SSSR count). The predicted octanol–water partition coefficient (Wildman–Crippen LogP) is 3.30. The minimum absolute atomic E-state index is 0.268. The Morgan fingerprint density at radius 2 is 2.05 bits per heavy atom. The third-order valence-corrected chi connectivity index (χ3v) is 3.25. The normalized spacial score (nSPS) is 13.7. The zero-order valence-corrected chi connectivity index (χ0v) is 11.2. The molecular weight excluding hydrogens is 255 g/mol. The lowest BCUT2D eigenvalue weighted by atomic mass is 10.1. The molecule has 0 fully saturated rings. The van der Waals surface area contributed by atoms with Gasteiger partial charge in [0.2, 0.25) is 0 Å². The quantitative estimate of drug-likeness (QED) is 0.926. The van der Waals surface area contributed by atoms with Gasteiger partial charge in [0.05, 0.1) is 23.7 Å². The molecule has 1 aliphatic rings. The molecule has 0 spiro atoms. The van der Waals surface area contributed by atoms with E-state index in [0.29, 0.717) is 12.3 Å². The van der Waals surface area contributed by atoms with Crippen molar-refractivity contribution in [1.29, 1.82) is 0 Å². The topological polar surface area (TPSA) is 26.2 Å². The van der Waals surface area contributed by atoms with Crippen LogP contribution in [0.2, 0.25) is 0 Å². The van der Waals surface area contributed by atoms with Crippen molar-refractivity contribution >= 4 is 17.6 Å². The largest absolute Gasteiger partial charge is 0.380 e. The average Bonchev–Trinajstić information content (AvgIpc) is 2.81. The summed E-state index contributed by atoms with van der Waals surface area (Å²) in [7, 11) is 1.67. The third-order valence-electron chi connectivity index (χ3n) is 3.25. The second-order valence-corrected chi connectivity index (χ2v) is 4.73. The first-order chi connectivity index (χ1) is 9.67. The Balaban J connectivity index is 1.95. The van der Waals surface area contributed by atoms with Gasteiger partial charge in [-0.25, -0.2) is 4.39 Å². The third kappa shape index (κ3) is 2.26. The molecule has 20 heavy (non-hydrogen) atoms. The van der Waals surface area contributed by atoms with Crippen LogP contribution in [0.25, 0.3) is 17.6 Å². The van der Waals surface area contributed by atoms with Gasteiger partial charge in [-0.15, -0.1) is 0 Å². The highest BCUT2D eigenvalue weighted by atomic mass is 19.1. The van der Waals surface area contributed by atoms with Crippen molar-refractivity contribution in [2.45, 2.75) is 6.61 Å². The van der Waals surface area contributed by atoms with Crippen molar-refractivity contribution in [2.75, 3.05) is 7.11 Å². The summed E-state index contributed by atoms with van der Waals surface area (Å²) in [5, 5.41) is 3.20. The van der Waals surface area contributed by atoms with Crippen LogP contribution in [0.5, 0.6) is 0 Å². The molecule has 0 amide bonds. The number of hydrogen-bond acceptors (Lipinski definition) is 2. The highest BCUT2D eigenvalue weighted by Gasteiger charge is 2.15. The van der Waals surface area contributed by atoms with Gasteiger partial charge >= 0.3 is 0 Å².